The summed E-state index contributed by atoms with van der Waals surface area (Å²) in [5, 5.41) is 9.73. The van der Waals surface area contributed by atoms with Crippen LogP contribution in [0.5, 0.6) is 0 Å². The third kappa shape index (κ3) is 2.20. The Balaban J connectivity index is 1.60. The van der Waals surface area contributed by atoms with Crippen molar-refractivity contribution in [3.05, 3.63) is 0 Å². The topological polar surface area (TPSA) is 43.8 Å². The highest BCUT2D eigenvalue weighted by atomic mass is 16.3. The molecular formula is C13H22N2O2. The van der Waals surface area contributed by atoms with E-state index < -0.39 is 0 Å². The van der Waals surface area contributed by atoms with E-state index in [-0.39, 0.29) is 6.10 Å². The van der Waals surface area contributed by atoms with Gasteiger partial charge in [-0.3, -0.25) is 9.69 Å². The lowest BCUT2D eigenvalue weighted by Crippen LogP contribution is -2.49. The summed E-state index contributed by atoms with van der Waals surface area (Å²) in [6.45, 7) is 2.48. The molecule has 0 spiro atoms. The molecule has 2 atom stereocenters. The van der Waals surface area contributed by atoms with E-state index in [1.807, 2.05) is 4.90 Å². The summed E-state index contributed by atoms with van der Waals surface area (Å²) >= 11 is 0. The Kier molecular flexibility index (Phi) is 3.09. The largest absolute Gasteiger partial charge is 0.393 e. The maximum absolute atomic E-state index is 12.1. The molecule has 3 aliphatic heterocycles. The minimum absolute atomic E-state index is 0.134. The van der Waals surface area contributed by atoms with E-state index in [2.05, 4.69) is 4.90 Å². The molecule has 0 aromatic carbocycles. The van der Waals surface area contributed by atoms with Crippen LogP contribution < -0.4 is 0 Å². The lowest BCUT2D eigenvalue weighted by atomic mass is 10.00. The van der Waals surface area contributed by atoms with Crippen LogP contribution in [0.2, 0.25) is 0 Å². The number of carbonyl (C=O) groups excluding carboxylic acids is 1. The van der Waals surface area contributed by atoms with Crippen molar-refractivity contribution in [2.45, 2.75) is 56.7 Å². The number of amides is 1. The SMILES string of the molecule is O=C(CN1C2CCC1CC(O)C2)N1CCCC1. The van der Waals surface area contributed by atoms with Crippen molar-refractivity contribution < 1.29 is 9.90 Å². The van der Waals surface area contributed by atoms with Crippen molar-refractivity contribution in [2.75, 3.05) is 19.6 Å². The summed E-state index contributed by atoms with van der Waals surface area (Å²) < 4.78 is 0. The van der Waals surface area contributed by atoms with Gasteiger partial charge >= 0.3 is 0 Å². The zero-order valence-corrected chi connectivity index (χ0v) is 10.3. The van der Waals surface area contributed by atoms with Crippen LogP contribution in [0.3, 0.4) is 0 Å². The maximum atomic E-state index is 12.1. The molecule has 3 fully saturated rings. The molecule has 3 rings (SSSR count). The molecular weight excluding hydrogens is 216 g/mol. The monoisotopic (exact) mass is 238 g/mol. The Bertz CT molecular complexity index is 288. The van der Waals surface area contributed by atoms with Crippen LogP contribution in [0.25, 0.3) is 0 Å². The molecule has 0 aromatic heterocycles. The van der Waals surface area contributed by atoms with Gasteiger partial charge in [0, 0.05) is 25.2 Å². The third-order valence-corrected chi connectivity index (χ3v) is 4.64. The number of carbonyl (C=O) groups is 1. The summed E-state index contributed by atoms with van der Waals surface area (Å²) in [6.07, 6.45) is 6.25. The molecule has 2 bridgehead atoms. The van der Waals surface area contributed by atoms with E-state index in [9.17, 15) is 9.90 Å². The van der Waals surface area contributed by atoms with E-state index in [0.717, 1.165) is 51.6 Å². The van der Waals surface area contributed by atoms with Gasteiger partial charge in [-0.1, -0.05) is 0 Å². The zero-order chi connectivity index (χ0) is 11.8. The molecule has 2 unspecified atom stereocenters. The van der Waals surface area contributed by atoms with Crippen molar-refractivity contribution in [1.29, 1.82) is 0 Å². The molecule has 0 radical (unpaired) electrons. The van der Waals surface area contributed by atoms with Gasteiger partial charge in [0.1, 0.15) is 0 Å². The number of likely N-dealkylation sites (tertiary alicyclic amines) is 1. The molecule has 3 saturated heterocycles. The Morgan fingerprint density at radius 2 is 1.71 bits per heavy atom. The van der Waals surface area contributed by atoms with Crippen molar-refractivity contribution in [3.8, 4) is 0 Å². The van der Waals surface area contributed by atoms with Crippen LogP contribution in [0.4, 0.5) is 0 Å². The average molecular weight is 238 g/mol. The summed E-state index contributed by atoms with van der Waals surface area (Å²) in [5.74, 6) is 0.302. The van der Waals surface area contributed by atoms with E-state index >= 15 is 0 Å². The van der Waals surface area contributed by atoms with Crippen molar-refractivity contribution >= 4 is 5.91 Å². The van der Waals surface area contributed by atoms with Crippen LogP contribution in [-0.2, 0) is 4.79 Å². The number of nitrogens with zero attached hydrogens (tertiary/aromatic N) is 2. The van der Waals surface area contributed by atoms with Crippen molar-refractivity contribution in [3.63, 3.8) is 0 Å². The predicted molar refractivity (Wildman–Crippen MR) is 64.6 cm³/mol. The van der Waals surface area contributed by atoms with E-state index in [1.54, 1.807) is 0 Å². The Morgan fingerprint density at radius 1 is 1.12 bits per heavy atom. The standard InChI is InChI=1S/C13H22N2O2/c16-12-7-10-3-4-11(8-12)15(10)9-13(17)14-5-1-2-6-14/h10-12,16H,1-9H2. The number of aliphatic hydroxyl groups excluding tert-OH is 1. The second kappa shape index (κ2) is 4.58. The van der Waals surface area contributed by atoms with Crippen molar-refractivity contribution in [1.82, 2.24) is 9.80 Å². The van der Waals surface area contributed by atoms with Crippen LogP contribution in [0, 0.1) is 0 Å². The maximum Gasteiger partial charge on any atom is 0.236 e. The smallest absolute Gasteiger partial charge is 0.236 e. The molecule has 4 nitrogen and oxygen atoms in total. The first-order chi connectivity index (χ1) is 8.24. The molecule has 0 aliphatic carbocycles. The fourth-order valence-corrected chi connectivity index (χ4v) is 3.73. The van der Waals surface area contributed by atoms with E-state index in [4.69, 9.17) is 0 Å². The molecule has 0 saturated carbocycles. The molecule has 4 heteroatoms. The number of rotatable bonds is 2. The second-order valence-electron chi connectivity index (χ2n) is 5.77. The lowest BCUT2D eigenvalue weighted by Gasteiger charge is -2.37. The molecule has 1 amide bonds. The summed E-state index contributed by atoms with van der Waals surface area (Å²) in [6, 6.07) is 0.908. The van der Waals surface area contributed by atoms with Gasteiger partial charge in [-0.2, -0.15) is 0 Å². The molecule has 17 heavy (non-hydrogen) atoms. The first kappa shape index (κ1) is 11.5. The number of fused-ring (bicyclic) bond motifs is 2. The minimum Gasteiger partial charge on any atom is -0.393 e. The fraction of sp³-hybridized carbons (Fsp3) is 0.923. The normalized spacial score (nSPS) is 37.7. The van der Waals surface area contributed by atoms with Gasteiger partial charge in [0.2, 0.25) is 5.91 Å². The highest BCUT2D eigenvalue weighted by molar-refractivity contribution is 5.78. The summed E-state index contributed by atoms with van der Waals surface area (Å²) in [4.78, 5) is 16.5. The minimum atomic E-state index is -0.134. The number of piperidine rings is 1. The second-order valence-corrected chi connectivity index (χ2v) is 5.77. The van der Waals surface area contributed by atoms with Gasteiger partial charge in [-0.25, -0.2) is 0 Å². The van der Waals surface area contributed by atoms with Crippen LogP contribution in [0.1, 0.15) is 38.5 Å². The van der Waals surface area contributed by atoms with E-state index in [0.29, 0.717) is 24.5 Å². The highest BCUT2D eigenvalue weighted by Crippen LogP contribution is 2.35. The van der Waals surface area contributed by atoms with Crippen LogP contribution in [0.15, 0.2) is 0 Å². The van der Waals surface area contributed by atoms with Crippen molar-refractivity contribution in [2.24, 2.45) is 0 Å². The predicted octanol–water partition coefficient (Wildman–Crippen LogP) is 0.597. The number of hydrogen-bond acceptors (Lipinski definition) is 3. The van der Waals surface area contributed by atoms with Gasteiger partial charge < -0.3 is 10.0 Å². The van der Waals surface area contributed by atoms with Crippen LogP contribution in [-0.4, -0.2) is 58.6 Å². The van der Waals surface area contributed by atoms with Gasteiger partial charge in [0.05, 0.1) is 12.6 Å². The average Bonchev–Trinajstić information content (AvgIpc) is 2.88. The molecule has 1 N–H and O–H groups in total. The molecule has 3 heterocycles. The first-order valence-corrected chi connectivity index (χ1v) is 6.95. The number of hydrogen-bond donors (Lipinski definition) is 1. The van der Waals surface area contributed by atoms with E-state index in [1.165, 1.54) is 0 Å². The molecule has 3 aliphatic rings. The van der Waals surface area contributed by atoms with Gasteiger partial charge in [0.15, 0.2) is 0 Å². The molecule has 0 aromatic rings. The highest BCUT2D eigenvalue weighted by Gasteiger charge is 2.41. The van der Waals surface area contributed by atoms with Crippen LogP contribution >= 0.6 is 0 Å². The summed E-state index contributed by atoms with van der Waals surface area (Å²) in [5.41, 5.74) is 0. The Morgan fingerprint density at radius 3 is 2.29 bits per heavy atom. The Labute approximate surface area is 103 Å². The lowest BCUT2D eigenvalue weighted by molar-refractivity contribution is -0.133. The summed E-state index contributed by atoms with van der Waals surface area (Å²) in [7, 11) is 0. The quantitative estimate of drug-likeness (QED) is 0.766. The zero-order valence-electron chi connectivity index (χ0n) is 10.3. The Hall–Kier alpha value is -0.610. The first-order valence-electron chi connectivity index (χ1n) is 6.95. The number of aliphatic hydroxyl groups is 1. The van der Waals surface area contributed by atoms with Gasteiger partial charge in [0.25, 0.3) is 0 Å². The third-order valence-electron chi connectivity index (χ3n) is 4.64. The fourth-order valence-electron chi connectivity index (χ4n) is 3.73. The van der Waals surface area contributed by atoms with Gasteiger partial charge in [-0.05, 0) is 38.5 Å². The molecule has 96 valence electrons. The van der Waals surface area contributed by atoms with Gasteiger partial charge in [-0.15, -0.1) is 0 Å².